The molecule has 0 bridgehead atoms. The van der Waals surface area contributed by atoms with Crippen LogP contribution in [0, 0.1) is 6.92 Å². The van der Waals surface area contributed by atoms with E-state index in [4.69, 9.17) is 5.73 Å². The van der Waals surface area contributed by atoms with E-state index in [0.717, 1.165) is 0 Å². The number of benzene rings is 1. The van der Waals surface area contributed by atoms with Gasteiger partial charge < -0.3 is 10.5 Å². The molecule has 106 valence electrons. The van der Waals surface area contributed by atoms with Gasteiger partial charge in [0, 0.05) is 16.7 Å². The number of ether oxygens (including phenoxy) is 1. The van der Waals surface area contributed by atoms with Crippen molar-refractivity contribution in [2.45, 2.75) is 18.2 Å². The second kappa shape index (κ2) is 6.36. The molecule has 8 heteroatoms. The van der Waals surface area contributed by atoms with Crippen LogP contribution in [0.1, 0.15) is 12.0 Å². The first-order valence-electron chi connectivity index (χ1n) is 5.40. The zero-order chi connectivity index (χ0) is 14.6. The summed E-state index contributed by atoms with van der Waals surface area (Å²) in [5, 5.41) is 0. The largest absolute Gasteiger partial charge is 0.469 e. The van der Waals surface area contributed by atoms with Crippen LogP contribution in [0.5, 0.6) is 0 Å². The Morgan fingerprint density at radius 3 is 2.68 bits per heavy atom. The topological polar surface area (TPSA) is 98.5 Å². The molecule has 0 fully saturated rings. The highest BCUT2D eigenvalue weighted by atomic mass is 79.9. The number of rotatable bonds is 5. The van der Waals surface area contributed by atoms with Crippen LogP contribution >= 0.6 is 15.9 Å². The van der Waals surface area contributed by atoms with E-state index < -0.39 is 16.0 Å². The normalized spacial score (nSPS) is 11.3. The number of nitrogen functional groups attached to an aromatic ring is 1. The van der Waals surface area contributed by atoms with E-state index in [-0.39, 0.29) is 17.9 Å². The fraction of sp³-hybridized carbons (Fsp3) is 0.364. The molecule has 1 rings (SSSR count). The van der Waals surface area contributed by atoms with Crippen LogP contribution in [0.4, 0.5) is 5.69 Å². The Morgan fingerprint density at radius 2 is 2.11 bits per heavy atom. The van der Waals surface area contributed by atoms with Crippen molar-refractivity contribution in [1.29, 1.82) is 0 Å². The standard InChI is InChI=1S/C11H15BrN2O4S/c1-7-9(13)5-8(12)6-10(7)19(16,17)14-4-3-11(15)18-2/h5-6,14H,3-4,13H2,1-2H3. The number of esters is 1. The van der Waals surface area contributed by atoms with Crippen molar-refractivity contribution in [1.82, 2.24) is 4.72 Å². The number of nitrogens with one attached hydrogen (secondary N) is 1. The summed E-state index contributed by atoms with van der Waals surface area (Å²) in [7, 11) is -2.46. The molecule has 0 aromatic heterocycles. The summed E-state index contributed by atoms with van der Waals surface area (Å²) in [5.74, 6) is -0.479. The molecule has 0 saturated heterocycles. The summed E-state index contributed by atoms with van der Waals surface area (Å²) in [6.07, 6.45) is -0.0295. The molecule has 0 aliphatic rings. The summed E-state index contributed by atoms with van der Waals surface area (Å²) in [6, 6.07) is 3.09. The van der Waals surface area contributed by atoms with Gasteiger partial charge in [-0.3, -0.25) is 4.79 Å². The van der Waals surface area contributed by atoms with E-state index in [1.807, 2.05) is 0 Å². The molecule has 0 saturated carbocycles. The van der Waals surface area contributed by atoms with Crippen molar-refractivity contribution in [2.75, 3.05) is 19.4 Å². The first-order valence-corrected chi connectivity index (χ1v) is 7.67. The van der Waals surface area contributed by atoms with E-state index in [2.05, 4.69) is 25.4 Å². The minimum atomic E-state index is -3.71. The maximum absolute atomic E-state index is 12.1. The van der Waals surface area contributed by atoms with Gasteiger partial charge in [0.2, 0.25) is 10.0 Å². The Kier molecular flexibility index (Phi) is 5.33. The van der Waals surface area contributed by atoms with Gasteiger partial charge >= 0.3 is 5.97 Å². The van der Waals surface area contributed by atoms with Gasteiger partial charge in [-0.15, -0.1) is 0 Å². The lowest BCUT2D eigenvalue weighted by Gasteiger charge is -2.11. The van der Waals surface area contributed by atoms with Gasteiger partial charge in [0.05, 0.1) is 18.4 Å². The van der Waals surface area contributed by atoms with Gasteiger partial charge in [0.25, 0.3) is 0 Å². The lowest BCUT2D eigenvalue weighted by Crippen LogP contribution is -2.27. The average Bonchev–Trinajstić information content (AvgIpc) is 2.33. The lowest BCUT2D eigenvalue weighted by molar-refractivity contribution is -0.140. The van der Waals surface area contributed by atoms with Crippen LogP contribution < -0.4 is 10.5 Å². The van der Waals surface area contributed by atoms with Crippen molar-refractivity contribution in [3.05, 3.63) is 22.2 Å². The van der Waals surface area contributed by atoms with Crippen LogP contribution in [0.3, 0.4) is 0 Å². The summed E-state index contributed by atoms with van der Waals surface area (Å²) in [5.41, 5.74) is 6.56. The van der Waals surface area contributed by atoms with E-state index in [1.165, 1.54) is 13.2 Å². The Bertz CT molecular complexity index is 587. The Labute approximate surface area is 120 Å². The predicted molar refractivity (Wildman–Crippen MR) is 75.1 cm³/mol. The summed E-state index contributed by atoms with van der Waals surface area (Å²) < 4.78 is 31.5. The Hall–Kier alpha value is -1.12. The van der Waals surface area contributed by atoms with Crippen molar-refractivity contribution in [3.63, 3.8) is 0 Å². The maximum Gasteiger partial charge on any atom is 0.306 e. The van der Waals surface area contributed by atoms with Gasteiger partial charge in [-0.05, 0) is 24.6 Å². The number of carbonyl (C=O) groups is 1. The van der Waals surface area contributed by atoms with E-state index in [0.29, 0.717) is 15.7 Å². The number of carbonyl (C=O) groups excluding carboxylic acids is 1. The van der Waals surface area contributed by atoms with E-state index in [1.54, 1.807) is 13.0 Å². The molecule has 0 aliphatic carbocycles. The molecule has 0 spiro atoms. The lowest BCUT2D eigenvalue weighted by atomic mass is 10.2. The highest BCUT2D eigenvalue weighted by Crippen LogP contribution is 2.26. The first kappa shape index (κ1) is 15.9. The molecule has 0 radical (unpaired) electrons. The molecule has 1 aromatic rings. The fourth-order valence-corrected chi connectivity index (χ4v) is 3.38. The van der Waals surface area contributed by atoms with Crippen LogP contribution in [0.25, 0.3) is 0 Å². The Morgan fingerprint density at radius 1 is 1.47 bits per heavy atom. The highest BCUT2D eigenvalue weighted by molar-refractivity contribution is 9.10. The maximum atomic E-state index is 12.1. The molecule has 0 aliphatic heterocycles. The first-order chi connectivity index (χ1) is 8.77. The molecule has 0 unspecified atom stereocenters. The summed E-state index contributed by atoms with van der Waals surface area (Å²) in [6.45, 7) is 1.59. The van der Waals surface area contributed by atoms with Crippen molar-refractivity contribution in [3.8, 4) is 0 Å². The smallest absolute Gasteiger partial charge is 0.306 e. The monoisotopic (exact) mass is 350 g/mol. The Balaban J connectivity index is 2.92. The van der Waals surface area contributed by atoms with Gasteiger partial charge in [0.15, 0.2) is 0 Å². The third-order valence-corrected chi connectivity index (χ3v) is 4.55. The van der Waals surface area contributed by atoms with Gasteiger partial charge in [-0.25, -0.2) is 13.1 Å². The van der Waals surface area contributed by atoms with Crippen LogP contribution in [0.15, 0.2) is 21.5 Å². The second-order valence-electron chi connectivity index (χ2n) is 3.84. The molecule has 3 N–H and O–H groups in total. The minimum absolute atomic E-state index is 0.0269. The highest BCUT2D eigenvalue weighted by Gasteiger charge is 2.19. The van der Waals surface area contributed by atoms with Crippen molar-refractivity contribution >= 4 is 37.6 Å². The molecule has 1 aromatic carbocycles. The summed E-state index contributed by atoms with van der Waals surface area (Å²) in [4.78, 5) is 11.0. The van der Waals surface area contributed by atoms with Crippen LogP contribution in [-0.2, 0) is 19.6 Å². The number of methoxy groups -OCH3 is 1. The SMILES string of the molecule is COC(=O)CCNS(=O)(=O)c1cc(Br)cc(N)c1C. The number of anilines is 1. The third-order valence-electron chi connectivity index (χ3n) is 2.50. The number of sulfonamides is 1. The third kappa shape index (κ3) is 4.19. The minimum Gasteiger partial charge on any atom is -0.469 e. The van der Waals surface area contributed by atoms with Crippen molar-refractivity contribution in [2.24, 2.45) is 0 Å². The quantitative estimate of drug-likeness (QED) is 0.613. The zero-order valence-corrected chi connectivity index (χ0v) is 13.0. The molecule has 0 amide bonds. The number of hydrogen-bond acceptors (Lipinski definition) is 5. The van der Waals surface area contributed by atoms with Crippen LogP contribution in [0.2, 0.25) is 0 Å². The predicted octanol–water partition coefficient (Wildman–Crippen LogP) is 1.18. The summed E-state index contributed by atoms with van der Waals surface area (Å²) >= 11 is 3.20. The number of hydrogen-bond donors (Lipinski definition) is 2. The molecule has 19 heavy (non-hydrogen) atoms. The van der Waals surface area contributed by atoms with Gasteiger partial charge in [-0.2, -0.15) is 0 Å². The number of halogens is 1. The number of nitrogens with two attached hydrogens (primary N) is 1. The fourth-order valence-electron chi connectivity index (χ4n) is 1.42. The molecular formula is C11H15BrN2O4S. The van der Waals surface area contributed by atoms with Gasteiger partial charge in [-0.1, -0.05) is 15.9 Å². The molecule has 0 heterocycles. The van der Waals surface area contributed by atoms with E-state index >= 15 is 0 Å². The van der Waals surface area contributed by atoms with Crippen LogP contribution in [-0.4, -0.2) is 28.0 Å². The average molecular weight is 351 g/mol. The molecule has 6 nitrogen and oxygen atoms in total. The van der Waals surface area contributed by atoms with Gasteiger partial charge in [0.1, 0.15) is 0 Å². The second-order valence-corrected chi connectivity index (χ2v) is 6.49. The molecular weight excluding hydrogens is 336 g/mol. The van der Waals surface area contributed by atoms with E-state index in [9.17, 15) is 13.2 Å². The molecule has 0 atom stereocenters. The van der Waals surface area contributed by atoms with Crippen molar-refractivity contribution < 1.29 is 17.9 Å². The zero-order valence-electron chi connectivity index (χ0n) is 10.6.